The van der Waals surface area contributed by atoms with Gasteiger partial charge in [0.15, 0.2) is 0 Å². The van der Waals surface area contributed by atoms with Crippen LogP contribution in [0.25, 0.3) is 0 Å². The average molecular weight is 243 g/mol. The lowest BCUT2D eigenvalue weighted by molar-refractivity contribution is -0.137. The van der Waals surface area contributed by atoms with Gasteiger partial charge in [-0.15, -0.1) is 0 Å². The minimum absolute atomic E-state index is 0.0739. The molecule has 1 aliphatic rings. The van der Waals surface area contributed by atoms with E-state index < -0.39 is 11.7 Å². The smallest absolute Gasteiger partial charge is 0.323 e. The first-order valence-electron chi connectivity index (χ1n) is 5.67. The molecule has 1 aromatic carbocycles. The van der Waals surface area contributed by atoms with Gasteiger partial charge in [0.1, 0.15) is 0 Å². The van der Waals surface area contributed by atoms with Crippen LogP contribution in [0.4, 0.5) is 13.2 Å². The monoisotopic (exact) mass is 243 g/mol. The van der Waals surface area contributed by atoms with Crippen LogP contribution in [-0.4, -0.2) is 0 Å². The predicted molar refractivity (Wildman–Crippen MR) is 60.5 cm³/mol. The van der Waals surface area contributed by atoms with Crippen LogP contribution in [0.5, 0.6) is 0 Å². The largest absolute Gasteiger partial charge is 0.416 e. The second kappa shape index (κ2) is 3.73. The minimum atomic E-state index is -4.28. The lowest BCUT2D eigenvalue weighted by Gasteiger charge is -2.22. The number of benzene rings is 1. The number of rotatable bonds is 2. The van der Waals surface area contributed by atoms with Gasteiger partial charge in [-0.1, -0.05) is 13.0 Å². The standard InChI is InChI=1S/C13H16F3N/c1-8-7-9(13(14,15)16)3-4-10(8)11(17)12(2)5-6-12/h3-4,7,11H,5-6,17H2,1-2H3. The van der Waals surface area contributed by atoms with Crippen molar-refractivity contribution in [2.24, 2.45) is 11.1 Å². The lowest BCUT2D eigenvalue weighted by Crippen LogP contribution is -2.21. The second-order valence-electron chi connectivity index (χ2n) is 5.20. The van der Waals surface area contributed by atoms with Crippen molar-refractivity contribution in [1.29, 1.82) is 0 Å². The van der Waals surface area contributed by atoms with Crippen molar-refractivity contribution < 1.29 is 13.2 Å². The van der Waals surface area contributed by atoms with Crippen LogP contribution in [0.3, 0.4) is 0 Å². The summed E-state index contributed by atoms with van der Waals surface area (Å²) in [5.74, 6) is 0. The first-order chi connectivity index (χ1) is 7.74. The Morgan fingerprint density at radius 2 is 1.88 bits per heavy atom. The molecule has 1 atom stereocenters. The third-order valence-corrected chi connectivity index (χ3v) is 3.72. The molecule has 17 heavy (non-hydrogen) atoms. The highest BCUT2D eigenvalue weighted by Crippen LogP contribution is 2.53. The summed E-state index contributed by atoms with van der Waals surface area (Å²) < 4.78 is 37.5. The SMILES string of the molecule is Cc1cc(C(F)(F)F)ccc1C(N)C1(C)CC1. The van der Waals surface area contributed by atoms with E-state index in [1.54, 1.807) is 6.92 Å². The fraction of sp³-hybridized carbons (Fsp3) is 0.538. The van der Waals surface area contributed by atoms with Crippen LogP contribution in [-0.2, 0) is 6.18 Å². The van der Waals surface area contributed by atoms with Gasteiger partial charge in [0.2, 0.25) is 0 Å². The third kappa shape index (κ3) is 2.32. The molecule has 0 spiro atoms. The molecule has 0 saturated heterocycles. The summed E-state index contributed by atoms with van der Waals surface area (Å²) in [6, 6.07) is 3.66. The molecule has 1 fully saturated rings. The number of alkyl halides is 3. The molecule has 94 valence electrons. The van der Waals surface area contributed by atoms with E-state index in [-0.39, 0.29) is 11.5 Å². The van der Waals surface area contributed by atoms with E-state index in [4.69, 9.17) is 5.73 Å². The van der Waals surface area contributed by atoms with Crippen molar-refractivity contribution >= 4 is 0 Å². The molecule has 0 aliphatic heterocycles. The van der Waals surface area contributed by atoms with E-state index in [2.05, 4.69) is 6.92 Å². The molecule has 1 nitrogen and oxygen atoms in total. The van der Waals surface area contributed by atoms with E-state index in [9.17, 15) is 13.2 Å². The van der Waals surface area contributed by atoms with Crippen LogP contribution < -0.4 is 5.73 Å². The average Bonchev–Trinajstić information content (AvgIpc) is 2.95. The molecule has 1 aliphatic carbocycles. The predicted octanol–water partition coefficient (Wildman–Crippen LogP) is 3.81. The molecule has 0 amide bonds. The summed E-state index contributed by atoms with van der Waals surface area (Å²) >= 11 is 0. The Morgan fingerprint density at radius 3 is 2.29 bits per heavy atom. The zero-order valence-corrected chi connectivity index (χ0v) is 9.93. The van der Waals surface area contributed by atoms with E-state index >= 15 is 0 Å². The number of aryl methyl sites for hydroxylation is 1. The summed E-state index contributed by atoms with van der Waals surface area (Å²) in [5.41, 5.74) is 7.04. The highest BCUT2D eigenvalue weighted by atomic mass is 19.4. The van der Waals surface area contributed by atoms with Crippen molar-refractivity contribution in [3.05, 3.63) is 34.9 Å². The Labute approximate surface area is 98.8 Å². The lowest BCUT2D eigenvalue weighted by atomic mass is 9.89. The molecule has 0 aromatic heterocycles. The van der Waals surface area contributed by atoms with Gasteiger partial charge >= 0.3 is 6.18 Å². The Hall–Kier alpha value is -1.03. The van der Waals surface area contributed by atoms with Gasteiger partial charge < -0.3 is 5.73 Å². The maximum absolute atomic E-state index is 12.5. The van der Waals surface area contributed by atoms with Crippen molar-refractivity contribution in [2.75, 3.05) is 0 Å². The minimum Gasteiger partial charge on any atom is -0.323 e. The molecule has 2 rings (SSSR count). The molecule has 1 saturated carbocycles. The van der Waals surface area contributed by atoms with E-state index in [1.165, 1.54) is 12.1 Å². The fourth-order valence-corrected chi connectivity index (χ4v) is 2.08. The van der Waals surface area contributed by atoms with Gasteiger partial charge in [-0.25, -0.2) is 0 Å². The quantitative estimate of drug-likeness (QED) is 0.839. The van der Waals surface area contributed by atoms with Crippen LogP contribution in [0, 0.1) is 12.3 Å². The van der Waals surface area contributed by atoms with Crippen LogP contribution in [0.1, 0.15) is 42.5 Å². The van der Waals surface area contributed by atoms with Gasteiger partial charge in [-0.2, -0.15) is 13.2 Å². The number of hydrogen-bond acceptors (Lipinski definition) is 1. The first-order valence-corrected chi connectivity index (χ1v) is 5.67. The van der Waals surface area contributed by atoms with Crippen molar-refractivity contribution in [1.82, 2.24) is 0 Å². The molecule has 0 bridgehead atoms. The summed E-state index contributed by atoms with van der Waals surface area (Å²) in [6.45, 7) is 3.77. The van der Waals surface area contributed by atoms with Gasteiger partial charge in [0, 0.05) is 6.04 Å². The van der Waals surface area contributed by atoms with Crippen LogP contribution in [0.2, 0.25) is 0 Å². The molecule has 1 aromatic rings. The molecule has 0 heterocycles. The van der Waals surface area contributed by atoms with E-state index in [0.717, 1.165) is 24.5 Å². The number of hydrogen-bond donors (Lipinski definition) is 1. The summed E-state index contributed by atoms with van der Waals surface area (Å²) in [4.78, 5) is 0. The number of nitrogens with two attached hydrogens (primary N) is 1. The highest BCUT2D eigenvalue weighted by molar-refractivity contribution is 5.36. The third-order valence-electron chi connectivity index (χ3n) is 3.72. The topological polar surface area (TPSA) is 26.0 Å². The van der Waals surface area contributed by atoms with Gasteiger partial charge in [0.05, 0.1) is 5.56 Å². The van der Waals surface area contributed by atoms with Crippen LogP contribution in [0.15, 0.2) is 18.2 Å². The molecular formula is C13H16F3N. The summed E-state index contributed by atoms with van der Waals surface area (Å²) in [6.07, 6.45) is -2.18. The molecular weight excluding hydrogens is 227 g/mol. The number of halogens is 3. The summed E-state index contributed by atoms with van der Waals surface area (Å²) in [5, 5.41) is 0. The van der Waals surface area contributed by atoms with E-state index in [1.807, 2.05) is 0 Å². The van der Waals surface area contributed by atoms with Gasteiger partial charge in [-0.05, 0) is 48.4 Å². The normalized spacial score (nSPS) is 20.1. The molecule has 0 radical (unpaired) electrons. The Kier molecular flexibility index (Phi) is 2.73. The zero-order valence-electron chi connectivity index (χ0n) is 9.93. The second-order valence-corrected chi connectivity index (χ2v) is 5.20. The van der Waals surface area contributed by atoms with Crippen molar-refractivity contribution in [2.45, 2.75) is 38.9 Å². The highest BCUT2D eigenvalue weighted by Gasteiger charge is 2.44. The maximum atomic E-state index is 12.5. The fourth-order valence-electron chi connectivity index (χ4n) is 2.08. The van der Waals surface area contributed by atoms with Gasteiger partial charge in [-0.3, -0.25) is 0 Å². The van der Waals surface area contributed by atoms with E-state index in [0.29, 0.717) is 5.56 Å². The Bertz CT molecular complexity index is 433. The first kappa shape index (κ1) is 12.4. The Morgan fingerprint density at radius 1 is 1.29 bits per heavy atom. The van der Waals surface area contributed by atoms with Crippen molar-refractivity contribution in [3.63, 3.8) is 0 Å². The van der Waals surface area contributed by atoms with Crippen molar-refractivity contribution in [3.8, 4) is 0 Å². The molecule has 2 N–H and O–H groups in total. The zero-order chi connectivity index (χ0) is 12.8. The van der Waals surface area contributed by atoms with Crippen LogP contribution >= 0.6 is 0 Å². The maximum Gasteiger partial charge on any atom is 0.416 e. The molecule has 1 unspecified atom stereocenters. The molecule has 4 heteroatoms. The summed E-state index contributed by atoms with van der Waals surface area (Å²) in [7, 11) is 0. The Balaban J connectivity index is 2.32. The van der Waals surface area contributed by atoms with Gasteiger partial charge in [0.25, 0.3) is 0 Å².